The topological polar surface area (TPSA) is 83.1 Å². The maximum Gasteiger partial charge on any atom is 0.326 e. The number of amides is 3. The number of anilines is 2. The van der Waals surface area contributed by atoms with E-state index in [-0.39, 0.29) is 18.4 Å². The molecular weight excluding hydrogens is 647 g/mol. The molecule has 11 heteroatoms. The molecule has 2 N–H and O–H groups in total. The number of carbonyl (C=O) groups is 2. The quantitative estimate of drug-likeness (QED) is 0.158. The molecule has 3 amide bonds. The molecule has 1 atom stereocenters. The fourth-order valence-corrected chi connectivity index (χ4v) is 6.21. The molecule has 5 rings (SSSR count). The number of halogens is 3. The zero-order valence-electron chi connectivity index (χ0n) is 25.6. The standard InChI is InChI=1S/C35H39Cl3N4O4/c36-35(37,38)25-32(43)40-34(23-27-8-3-1-4-9-27)15-14-28(24-34)26-42(33(44)39-29-10-5-2-6-11-29)30-12-7-13-31(22-30)46-21-18-41-16-19-45-20-17-41/h1-13,22,24H,14-21,23,25-26H2,(H,39,44)(H,40,43). The second-order valence-electron chi connectivity index (χ2n) is 11.6. The van der Waals surface area contributed by atoms with Crippen LogP contribution in [0.2, 0.25) is 0 Å². The second kappa shape index (κ2) is 16.0. The van der Waals surface area contributed by atoms with Crippen LogP contribution in [0.4, 0.5) is 16.2 Å². The smallest absolute Gasteiger partial charge is 0.326 e. The Morgan fingerprint density at radius 3 is 2.39 bits per heavy atom. The van der Waals surface area contributed by atoms with Crippen molar-refractivity contribution in [2.24, 2.45) is 0 Å². The van der Waals surface area contributed by atoms with Gasteiger partial charge in [0.05, 0.1) is 25.2 Å². The van der Waals surface area contributed by atoms with Crippen LogP contribution in [0.3, 0.4) is 0 Å². The second-order valence-corrected chi connectivity index (χ2v) is 14.2. The van der Waals surface area contributed by atoms with Crippen LogP contribution in [0.5, 0.6) is 5.75 Å². The summed E-state index contributed by atoms with van der Waals surface area (Å²) < 4.78 is 9.85. The fraction of sp³-hybridized carbons (Fsp3) is 0.371. The summed E-state index contributed by atoms with van der Waals surface area (Å²) in [6.07, 6.45) is 3.68. The lowest BCUT2D eigenvalue weighted by Gasteiger charge is -2.30. The number of hydrogen-bond donors (Lipinski definition) is 2. The Kier molecular flexibility index (Phi) is 11.9. The highest BCUT2D eigenvalue weighted by Gasteiger charge is 2.37. The van der Waals surface area contributed by atoms with Gasteiger partial charge in [0.2, 0.25) is 5.91 Å². The van der Waals surface area contributed by atoms with Crippen LogP contribution in [0.25, 0.3) is 0 Å². The molecular formula is C35H39Cl3N4O4. The van der Waals surface area contributed by atoms with Gasteiger partial charge in [-0.25, -0.2) is 4.79 Å². The van der Waals surface area contributed by atoms with Gasteiger partial charge in [-0.05, 0) is 49.1 Å². The van der Waals surface area contributed by atoms with E-state index in [4.69, 9.17) is 44.3 Å². The molecule has 0 bridgehead atoms. The van der Waals surface area contributed by atoms with Crippen LogP contribution >= 0.6 is 34.8 Å². The van der Waals surface area contributed by atoms with Gasteiger partial charge in [-0.2, -0.15) is 0 Å². The van der Waals surface area contributed by atoms with E-state index in [1.54, 1.807) is 4.90 Å². The first-order valence-corrected chi connectivity index (χ1v) is 16.6. The maximum atomic E-state index is 13.8. The third-order valence-electron chi connectivity index (χ3n) is 8.03. The van der Waals surface area contributed by atoms with Gasteiger partial charge in [0.25, 0.3) is 0 Å². The highest BCUT2D eigenvalue weighted by Crippen LogP contribution is 2.35. The summed E-state index contributed by atoms with van der Waals surface area (Å²) in [5, 5.41) is 6.17. The van der Waals surface area contributed by atoms with E-state index in [0.29, 0.717) is 49.5 Å². The van der Waals surface area contributed by atoms with Crippen molar-refractivity contribution in [1.82, 2.24) is 10.2 Å². The molecule has 1 aliphatic carbocycles. The minimum atomic E-state index is -1.70. The fourth-order valence-electron chi connectivity index (χ4n) is 5.84. The number of urea groups is 1. The number of nitrogens with zero attached hydrogens (tertiary/aromatic N) is 2. The summed E-state index contributed by atoms with van der Waals surface area (Å²) in [6.45, 7) is 4.89. The van der Waals surface area contributed by atoms with Crippen LogP contribution < -0.4 is 20.3 Å². The van der Waals surface area contributed by atoms with Gasteiger partial charge < -0.3 is 20.1 Å². The molecule has 46 heavy (non-hydrogen) atoms. The molecule has 3 aromatic carbocycles. The van der Waals surface area contributed by atoms with Crippen LogP contribution in [-0.4, -0.2) is 72.2 Å². The largest absolute Gasteiger partial charge is 0.492 e. The zero-order chi connectivity index (χ0) is 32.4. The highest BCUT2D eigenvalue weighted by atomic mass is 35.6. The van der Waals surface area contributed by atoms with Crippen LogP contribution in [0.1, 0.15) is 24.8 Å². The summed E-state index contributed by atoms with van der Waals surface area (Å²) in [6, 6.07) is 26.6. The third kappa shape index (κ3) is 10.4. The lowest BCUT2D eigenvalue weighted by Crippen LogP contribution is -2.48. The highest BCUT2D eigenvalue weighted by molar-refractivity contribution is 6.68. The number of alkyl halides is 3. The summed E-state index contributed by atoms with van der Waals surface area (Å²) in [5.74, 6) is 0.329. The van der Waals surface area contributed by atoms with Gasteiger partial charge in [-0.3, -0.25) is 14.6 Å². The van der Waals surface area contributed by atoms with Crippen molar-refractivity contribution < 1.29 is 19.1 Å². The van der Waals surface area contributed by atoms with E-state index < -0.39 is 9.33 Å². The lowest BCUT2D eigenvalue weighted by atomic mass is 9.90. The molecule has 8 nitrogen and oxygen atoms in total. The van der Waals surface area contributed by atoms with Gasteiger partial charge in [0, 0.05) is 43.6 Å². The molecule has 3 aromatic rings. The monoisotopic (exact) mass is 684 g/mol. The van der Waals surface area contributed by atoms with E-state index in [1.807, 2.05) is 84.9 Å². The minimum Gasteiger partial charge on any atom is -0.492 e. The van der Waals surface area contributed by atoms with E-state index in [1.165, 1.54) is 0 Å². The molecule has 244 valence electrons. The molecule has 1 heterocycles. The van der Waals surface area contributed by atoms with E-state index in [0.717, 1.165) is 44.0 Å². The number of benzene rings is 3. The van der Waals surface area contributed by atoms with Crippen LogP contribution in [0.15, 0.2) is 96.6 Å². The summed E-state index contributed by atoms with van der Waals surface area (Å²) in [5.41, 5.74) is 2.75. The van der Waals surface area contributed by atoms with Gasteiger partial charge >= 0.3 is 6.03 Å². The van der Waals surface area contributed by atoms with Gasteiger partial charge in [0.15, 0.2) is 3.79 Å². The van der Waals surface area contributed by atoms with Gasteiger partial charge in [-0.15, -0.1) is 0 Å². The number of carbonyl (C=O) groups excluding carboxylic acids is 2. The Bertz CT molecular complexity index is 1480. The molecule has 1 fully saturated rings. The third-order valence-corrected chi connectivity index (χ3v) is 8.43. The van der Waals surface area contributed by atoms with E-state index >= 15 is 0 Å². The average Bonchev–Trinajstić information content (AvgIpc) is 3.42. The van der Waals surface area contributed by atoms with Crippen molar-refractivity contribution in [3.8, 4) is 5.75 Å². The molecule has 1 saturated heterocycles. The molecule has 0 radical (unpaired) electrons. The van der Waals surface area contributed by atoms with Crippen molar-refractivity contribution >= 4 is 58.1 Å². The van der Waals surface area contributed by atoms with Gasteiger partial charge in [-0.1, -0.05) is 101 Å². The Morgan fingerprint density at radius 1 is 0.957 bits per heavy atom. The minimum absolute atomic E-state index is 0.263. The number of para-hydroxylation sites is 1. The normalized spacial score (nSPS) is 18.5. The predicted octanol–water partition coefficient (Wildman–Crippen LogP) is 7.01. The molecule has 1 aliphatic heterocycles. The molecule has 2 aliphatic rings. The van der Waals surface area contributed by atoms with Crippen LogP contribution in [-0.2, 0) is 16.0 Å². The Hall–Kier alpha value is -3.27. The SMILES string of the molecule is O=C(CC(Cl)(Cl)Cl)NC1(Cc2ccccc2)C=C(CN(C(=O)Nc2ccccc2)c2cccc(OCCN3CCOCC3)c2)CC1. The number of rotatable bonds is 12. The summed E-state index contributed by atoms with van der Waals surface area (Å²) in [4.78, 5) is 30.9. The molecule has 0 saturated carbocycles. The Labute approximate surface area is 285 Å². The van der Waals surface area contributed by atoms with Crippen molar-refractivity contribution in [2.45, 2.75) is 35.0 Å². The Morgan fingerprint density at radius 2 is 1.67 bits per heavy atom. The Balaban J connectivity index is 1.37. The van der Waals surface area contributed by atoms with Crippen molar-refractivity contribution in [3.05, 3.63) is 102 Å². The number of nitrogens with one attached hydrogen (secondary N) is 2. The number of ether oxygens (including phenoxy) is 2. The summed E-state index contributed by atoms with van der Waals surface area (Å²) >= 11 is 17.9. The van der Waals surface area contributed by atoms with E-state index in [9.17, 15) is 9.59 Å². The molecule has 0 spiro atoms. The van der Waals surface area contributed by atoms with Crippen molar-refractivity contribution in [3.63, 3.8) is 0 Å². The van der Waals surface area contributed by atoms with E-state index in [2.05, 4.69) is 21.6 Å². The number of morpholine rings is 1. The average molecular weight is 686 g/mol. The number of hydrogen-bond acceptors (Lipinski definition) is 5. The first-order chi connectivity index (χ1) is 22.2. The summed E-state index contributed by atoms with van der Waals surface area (Å²) in [7, 11) is 0. The van der Waals surface area contributed by atoms with Crippen LogP contribution in [0, 0.1) is 0 Å². The lowest BCUT2D eigenvalue weighted by molar-refractivity contribution is -0.122. The van der Waals surface area contributed by atoms with Crippen molar-refractivity contribution in [2.75, 3.05) is 56.2 Å². The van der Waals surface area contributed by atoms with Gasteiger partial charge in [0.1, 0.15) is 12.4 Å². The zero-order valence-corrected chi connectivity index (χ0v) is 27.9. The molecule has 1 unspecified atom stereocenters. The molecule has 0 aromatic heterocycles. The predicted molar refractivity (Wildman–Crippen MR) is 185 cm³/mol. The first kappa shape index (κ1) is 34.1. The van der Waals surface area contributed by atoms with Crippen molar-refractivity contribution in [1.29, 1.82) is 0 Å². The first-order valence-electron chi connectivity index (χ1n) is 15.5. The maximum absolute atomic E-state index is 13.8.